The highest BCUT2D eigenvalue weighted by Crippen LogP contribution is 2.33. The minimum absolute atomic E-state index is 0.178. The first-order chi connectivity index (χ1) is 9.02. The molecule has 0 aromatic rings. The van der Waals surface area contributed by atoms with Crippen molar-refractivity contribution in [1.82, 2.24) is 10.6 Å². The normalized spacial score (nSPS) is 39.8. The van der Waals surface area contributed by atoms with E-state index in [9.17, 15) is 15.0 Å². The highest BCUT2D eigenvalue weighted by atomic mass is 32.2. The van der Waals surface area contributed by atoms with Gasteiger partial charge >= 0.3 is 0 Å². The molecular formula is C11H19N3O4S. The Bertz CT molecular complexity index is 379. The van der Waals surface area contributed by atoms with E-state index in [1.54, 1.807) is 0 Å². The van der Waals surface area contributed by atoms with Gasteiger partial charge in [-0.15, -0.1) is 0 Å². The van der Waals surface area contributed by atoms with E-state index >= 15 is 0 Å². The number of nitrogens with one attached hydrogen (secondary N) is 2. The Morgan fingerprint density at radius 1 is 1.53 bits per heavy atom. The van der Waals surface area contributed by atoms with Gasteiger partial charge in [-0.2, -0.15) is 0 Å². The summed E-state index contributed by atoms with van der Waals surface area (Å²) in [5.74, 6) is -0.196. The molecule has 0 aliphatic carbocycles. The van der Waals surface area contributed by atoms with Crippen LogP contribution in [0.25, 0.3) is 0 Å². The number of fused-ring (bicyclic) bond motifs is 1. The molecule has 2 fully saturated rings. The molecule has 0 unspecified atom stereocenters. The average Bonchev–Trinajstić information content (AvgIpc) is 2.75. The van der Waals surface area contributed by atoms with Crippen LogP contribution in [0.4, 0.5) is 0 Å². The molecule has 2 aliphatic heterocycles. The van der Waals surface area contributed by atoms with Crippen LogP contribution in [0, 0.1) is 0 Å². The van der Waals surface area contributed by atoms with E-state index in [-0.39, 0.29) is 23.9 Å². The Kier molecular flexibility index (Phi) is 4.67. The van der Waals surface area contributed by atoms with Gasteiger partial charge < -0.3 is 25.6 Å². The number of amidine groups is 1. The number of thioether (sulfide) groups is 1. The van der Waals surface area contributed by atoms with E-state index in [0.717, 1.165) is 0 Å². The van der Waals surface area contributed by atoms with Gasteiger partial charge in [-0.1, -0.05) is 11.8 Å². The molecule has 8 heteroatoms. The number of aliphatic hydroxyl groups excluding tert-OH is 2. The minimum atomic E-state index is -1.04. The number of aliphatic hydroxyl groups is 2. The number of carbonyl (C=O) groups is 1. The highest BCUT2D eigenvalue weighted by molar-refractivity contribution is 8.14. The number of carbonyl (C=O) groups excluding carboxylic acids is 1. The number of ether oxygens (including phenoxy) is 1. The molecule has 0 spiro atoms. The first-order valence-electron chi connectivity index (χ1n) is 6.26. The number of hydrogen-bond donors (Lipinski definition) is 4. The third-order valence-electron chi connectivity index (χ3n) is 3.07. The monoisotopic (exact) mass is 289 g/mol. The van der Waals surface area contributed by atoms with Crippen molar-refractivity contribution in [1.29, 1.82) is 0 Å². The maximum Gasteiger partial charge on any atom is 0.216 e. The lowest BCUT2D eigenvalue weighted by molar-refractivity contribution is -0.155. The number of rotatable bonds is 3. The number of amides is 1. The predicted octanol–water partition coefficient (Wildman–Crippen LogP) is -1.35. The second-order valence-corrected chi connectivity index (χ2v) is 5.62. The zero-order valence-electron chi connectivity index (χ0n) is 10.9. The molecule has 108 valence electrons. The van der Waals surface area contributed by atoms with E-state index in [1.807, 2.05) is 6.92 Å². The van der Waals surface area contributed by atoms with Crippen LogP contribution in [0.15, 0.2) is 4.99 Å². The van der Waals surface area contributed by atoms with Gasteiger partial charge in [0.15, 0.2) is 5.17 Å². The lowest BCUT2D eigenvalue weighted by Crippen LogP contribution is -2.60. The van der Waals surface area contributed by atoms with Crippen LogP contribution in [0.2, 0.25) is 0 Å². The average molecular weight is 289 g/mol. The fraction of sp³-hybridized carbons (Fsp3) is 0.818. The Morgan fingerprint density at radius 2 is 2.26 bits per heavy atom. The van der Waals surface area contributed by atoms with Crippen molar-refractivity contribution in [3.63, 3.8) is 0 Å². The summed E-state index contributed by atoms with van der Waals surface area (Å²) in [7, 11) is 0. The number of aliphatic imine (C=N–C) groups is 1. The Hall–Kier alpha value is -0.830. The predicted molar refractivity (Wildman–Crippen MR) is 71.8 cm³/mol. The third kappa shape index (κ3) is 3.19. The first-order valence-corrected chi connectivity index (χ1v) is 7.14. The van der Waals surface area contributed by atoms with E-state index in [1.165, 1.54) is 18.7 Å². The van der Waals surface area contributed by atoms with Crippen LogP contribution in [-0.4, -0.2) is 64.2 Å². The van der Waals surface area contributed by atoms with Crippen LogP contribution in [0.3, 0.4) is 0 Å². The smallest absolute Gasteiger partial charge is 0.216 e. The molecule has 0 radical (unpaired) electrons. The van der Waals surface area contributed by atoms with Crippen LogP contribution < -0.4 is 10.6 Å². The molecule has 2 saturated heterocycles. The van der Waals surface area contributed by atoms with Crippen molar-refractivity contribution in [3.8, 4) is 0 Å². The van der Waals surface area contributed by atoms with Crippen molar-refractivity contribution in [2.45, 2.75) is 43.6 Å². The van der Waals surface area contributed by atoms with Gasteiger partial charge in [0.05, 0.1) is 6.04 Å². The Balaban J connectivity index is 2.01. The summed E-state index contributed by atoms with van der Waals surface area (Å²) in [5, 5.41) is 26.4. The molecule has 0 aromatic heterocycles. The molecule has 19 heavy (non-hydrogen) atoms. The summed E-state index contributed by atoms with van der Waals surface area (Å²) in [6, 6.07) is -0.376. The van der Waals surface area contributed by atoms with Crippen molar-refractivity contribution < 1.29 is 19.7 Å². The quantitative estimate of drug-likeness (QED) is 0.512. The lowest BCUT2D eigenvalue weighted by Gasteiger charge is -2.38. The van der Waals surface area contributed by atoms with Gasteiger partial charge in [-0.3, -0.25) is 9.79 Å². The summed E-state index contributed by atoms with van der Waals surface area (Å²) in [6.45, 7) is 4.13. The van der Waals surface area contributed by atoms with Crippen molar-refractivity contribution >= 4 is 22.8 Å². The molecule has 0 aromatic carbocycles. The van der Waals surface area contributed by atoms with Gasteiger partial charge in [0.25, 0.3) is 0 Å². The SMILES string of the molecule is CCN=C1N[C@@H]2[C@@H](O)[C@@H](O)[C@@H](CNC(C)=O)O[C@@H]2S1. The summed E-state index contributed by atoms with van der Waals surface area (Å²) >= 11 is 1.40. The van der Waals surface area contributed by atoms with Crippen LogP contribution in [-0.2, 0) is 9.53 Å². The topological polar surface area (TPSA) is 103 Å². The third-order valence-corrected chi connectivity index (χ3v) is 4.18. The van der Waals surface area contributed by atoms with Gasteiger partial charge in [-0.05, 0) is 6.92 Å². The molecule has 2 rings (SSSR count). The summed E-state index contributed by atoms with van der Waals surface area (Å²) in [5.41, 5.74) is -0.303. The molecule has 1 amide bonds. The molecule has 4 N–H and O–H groups in total. The maximum absolute atomic E-state index is 10.9. The Morgan fingerprint density at radius 3 is 2.89 bits per heavy atom. The minimum Gasteiger partial charge on any atom is -0.388 e. The van der Waals surface area contributed by atoms with E-state index < -0.39 is 18.3 Å². The number of nitrogens with zero attached hydrogens (tertiary/aromatic N) is 1. The molecular weight excluding hydrogens is 270 g/mol. The molecule has 2 heterocycles. The van der Waals surface area contributed by atoms with Crippen LogP contribution >= 0.6 is 11.8 Å². The molecule has 2 aliphatic rings. The summed E-state index contributed by atoms with van der Waals surface area (Å²) < 4.78 is 5.71. The lowest BCUT2D eigenvalue weighted by atomic mass is 9.98. The van der Waals surface area contributed by atoms with Gasteiger partial charge in [0.1, 0.15) is 23.7 Å². The zero-order valence-corrected chi connectivity index (χ0v) is 11.7. The largest absolute Gasteiger partial charge is 0.388 e. The van der Waals surface area contributed by atoms with Gasteiger partial charge in [0.2, 0.25) is 5.91 Å². The van der Waals surface area contributed by atoms with E-state index in [0.29, 0.717) is 11.7 Å². The van der Waals surface area contributed by atoms with Crippen molar-refractivity contribution in [3.05, 3.63) is 0 Å². The van der Waals surface area contributed by atoms with Crippen LogP contribution in [0.5, 0.6) is 0 Å². The Labute approximate surface area is 115 Å². The molecule has 0 saturated carbocycles. The standard InChI is InChI=1S/C11H19N3O4S/c1-3-12-11-14-7-9(17)8(16)6(4-13-5(2)15)18-10(7)19-11/h6-10,16-17H,3-4H2,1-2H3,(H,12,14)(H,13,15)/t6-,7-,8+,9-,10-/m1/s1. The van der Waals surface area contributed by atoms with E-state index in [4.69, 9.17) is 4.74 Å². The molecule has 0 bridgehead atoms. The zero-order chi connectivity index (χ0) is 14.0. The molecule has 7 nitrogen and oxygen atoms in total. The van der Waals surface area contributed by atoms with Gasteiger partial charge in [0, 0.05) is 20.0 Å². The van der Waals surface area contributed by atoms with Crippen molar-refractivity contribution in [2.75, 3.05) is 13.1 Å². The fourth-order valence-corrected chi connectivity index (χ4v) is 3.31. The molecule has 5 atom stereocenters. The van der Waals surface area contributed by atoms with Crippen LogP contribution in [0.1, 0.15) is 13.8 Å². The summed E-state index contributed by atoms with van der Waals surface area (Å²) in [6.07, 6.45) is -2.60. The fourth-order valence-electron chi connectivity index (χ4n) is 2.11. The van der Waals surface area contributed by atoms with E-state index in [2.05, 4.69) is 15.6 Å². The van der Waals surface area contributed by atoms with Crippen molar-refractivity contribution in [2.24, 2.45) is 4.99 Å². The maximum atomic E-state index is 10.9. The second kappa shape index (κ2) is 6.08. The highest BCUT2D eigenvalue weighted by Gasteiger charge is 2.48. The first kappa shape index (κ1) is 14.6. The second-order valence-electron chi connectivity index (χ2n) is 4.53. The number of hydrogen-bond acceptors (Lipinski definition) is 6. The van der Waals surface area contributed by atoms with Gasteiger partial charge in [-0.25, -0.2) is 0 Å². The summed E-state index contributed by atoms with van der Waals surface area (Å²) in [4.78, 5) is 15.1.